The summed E-state index contributed by atoms with van der Waals surface area (Å²) in [7, 11) is 0. The van der Waals surface area contributed by atoms with Crippen molar-refractivity contribution in [3.8, 4) is 0 Å². The first-order chi connectivity index (χ1) is 17.5. The molecule has 2 amide bonds. The maximum absolute atomic E-state index is 13.8. The van der Waals surface area contributed by atoms with E-state index in [0.29, 0.717) is 46.7 Å². The molecular weight excluding hydrogens is 476 g/mol. The molecule has 1 unspecified atom stereocenters. The highest BCUT2D eigenvalue weighted by atomic mass is 35.5. The minimum Gasteiger partial charge on any atom is -0.424 e. The van der Waals surface area contributed by atoms with Gasteiger partial charge in [0.1, 0.15) is 5.52 Å². The van der Waals surface area contributed by atoms with Crippen molar-refractivity contribution in [2.24, 2.45) is 5.92 Å². The predicted octanol–water partition coefficient (Wildman–Crippen LogP) is 5.74. The average Bonchev–Trinajstić information content (AvgIpc) is 3.55. The van der Waals surface area contributed by atoms with Gasteiger partial charge in [-0.15, -0.1) is 0 Å². The van der Waals surface area contributed by atoms with Gasteiger partial charge in [-0.05, 0) is 67.5 Å². The van der Waals surface area contributed by atoms with E-state index < -0.39 is 0 Å². The van der Waals surface area contributed by atoms with Crippen LogP contribution in [0.1, 0.15) is 61.4 Å². The number of rotatable bonds is 7. The predicted molar refractivity (Wildman–Crippen MR) is 141 cm³/mol. The van der Waals surface area contributed by atoms with Crippen molar-refractivity contribution in [2.45, 2.75) is 58.0 Å². The minimum atomic E-state index is 0.0418. The normalized spacial score (nSPS) is 18.5. The van der Waals surface area contributed by atoms with Gasteiger partial charge in [0.25, 0.3) is 11.9 Å². The number of carbonyl (C=O) groups is 2. The van der Waals surface area contributed by atoms with E-state index in [4.69, 9.17) is 16.0 Å². The third kappa shape index (κ3) is 5.67. The Kier molecular flexibility index (Phi) is 7.46. The van der Waals surface area contributed by atoms with Crippen molar-refractivity contribution in [1.29, 1.82) is 0 Å². The summed E-state index contributed by atoms with van der Waals surface area (Å²) < 4.78 is 5.85. The lowest BCUT2D eigenvalue weighted by Gasteiger charge is -2.37. The zero-order valence-electron chi connectivity index (χ0n) is 20.7. The number of hydrogen-bond acceptors (Lipinski definition) is 5. The van der Waals surface area contributed by atoms with Crippen LogP contribution in [-0.2, 0) is 11.3 Å². The van der Waals surface area contributed by atoms with Crippen LogP contribution in [0.2, 0.25) is 5.02 Å². The molecular formula is C28H33ClN4O3. The van der Waals surface area contributed by atoms with Gasteiger partial charge in [0.2, 0.25) is 5.91 Å². The molecule has 8 heteroatoms. The Morgan fingerprint density at radius 1 is 1.14 bits per heavy atom. The Morgan fingerprint density at radius 2 is 1.97 bits per heavy atom. The van der Waals surface area contributed by atoms with Crippen LogP contribution >= 0.6 is 11.6 Å². The van der Waals surface area contributed by atoms with Crippen LogP contribution in [0.25, 0.3) is 11.1 Å². The molecule has 5 rings (SSSR count). The smallest absolute Gasteiger partial charge is 0.295 e. The number of anilines is 1. The molecule has 2 aromatic carbocycles. The third-order valence-corrected chi connectivity index (χ3v) is 7.65. The Bertz CT molecular complexity index is 1240. The maximum atomic E-state index is 13.8. The molecule has 3 aromatic rings. The van der Waals surface area contributed by atoms with Crippen LogP contribution in [-0.4, -0.2) is 52.3 Å². The molecule has 1 aliphatic carbocycles. The molecule has 190 valence electrons. The number of aromatic nitrogens is 1. The van der Waals surface area contributed by atoms with Crippen molar-refractivity contribution in [3.05, 3.63) is 58.6 Å². The largest absolute Gasteiger partial charge is 0.424 e. The second-order valence-corrected chi connectivity index (χ2v) is 10.5. The number of halogens is 1. The molecule has 0 radical (unpaired) electrons. The standard InChI is InChI=1S/C28H33ClN4O3/c1-19(34)32-13-5-7-21(17-32)18-33(24-9-2-3-10-24)27(35)22-11-12-26-25(15-22)31-28(36-26)30-16-20-6-4-8-23(29)14-20/h4,6,8,11-12,14-15,21,24H,2-3,5,7,9-10,13,16-18H2,1H3,(H,30,31). The van der Waals surface area contributed by atoms with E-state index in [0.717, 1.165) is 57.2 Å². The van der Waals surface area contributed by atoms with Gasteiger partial charge in [-0.2, -0.15) is 4.98 Å². The number of oxazole rings is 1. The van der Waals surface area contributed by atoms with Gasteiger partial charge in [0.05, 0.1) is 0 Å². The molecule has 2 fully saturated rings. The Hall–Kier alpha value is -3.06. The fourth-order valence-electron chi connectivity index (χ4n) is 5.52. The van der Waals surface area contributed by atoms with Gasteiger partial charge in [0, 0.05) is 49.7 Å². The molecule has 7 nitrogen and oxygen atoms in total. The second-order valence-electron chi connectivity index (χ2n) is 10.1. The summed E-state index contributed by atoms with van der Waals surface area (Å²) in [6.07, 6.45) is 6.43. The first-order valence-corrected chi connectivity index (χ1v) is 13.3. The summed E-state index contributed by atoms with van der Waals surface area (Å²) >= 11 is 6.07. The number of amides is 2. The van der Waals surface area contributed by atoms with Gasteiger partial charge in [-0.25, -0.2) is 0 Å². The van der Waals surface area contributed by atoms with E-state index in [1.165, 1.54) is 0 Å². The summed E-state index contributed by atoms with van der Waals surface area (Å²) in [4.78, 5) is 34.3. The zero-order chi connectivity index (χ0) is 25.1. The number of nitrogens with zero attached hydrogens (tertiary/aromatic N) is 3. The van der Waals surface area contributed by atoms with Gasteiger partial charge in [0.15, 0.2) is 5.58 Å². The van der Waals surface area contributed by atoms with E-state index in [1.54, 1.807) is 6.92 Å². The van der Waals surface area contributed by atoms with Crippen molar-refractivity contribution < 1.29 is 14.0 Å². The number of piperidine rings is 1. The molecule has 1 saturated heterocycles. The molecule has 1 atom stereocenters. The first kappa shape index (κ1) is 24.6. The third-order valence-electron chi connectivity index (χ3n) is 7.41. The van der Waals surface area contributed by atoms with Gasteiger partial charge < -0.3 is 19.5 Å². The number of nitrogens with one attached hydrogen (secondary N) is 1. The minimum absolute atomic E-state index is 0.0418. The van der Waals surface area contributed by atoms with Gasteiger partial charge >= 0.3 is 0 Å². The van der Waals surface area contributed by atoms with E-state index >= 15 is 0 Å². The average molecular weight is 509 g/mol. The molecule has 1 saturated carbocycles. The molecule has 2 heterocycles. The van der Waals surface area contributed by atoms with Crippen molar-refractivity contribution in [1.82, 2.24) is 14.8 Å². The first-order valence-electron chi connectivity index (χ1n) is 12.9. The number of carbonyl (C=O) groups excluding carboxylic acids is 2. The molecule has 0 bridgehead atoms. The lowest BCUT2D eigenvalue weighted by molar-refractivity contribution is -0.130. The Balaban J connectivity index is 1.31. The fourth-order valence-corrected chi connectivity index (χ4v) is 5.73. The SMILES string of the molecule is CC(=O)N1CCCC(CN(C(=O)c2ccc3oc(NCc4cccc(Cl)c4)nc3c2)C2CCCC2)C1. The second kappa shape index (κ2) is 10.9. The Labute approximate surface area is 216 Å². The summed E-state index contributed by atoms with van der Waals surface area (Å²) in [6.45, 7) is 4.41. The van der Waals surface area contributed by atoms with Crippen molar-refractivity contribution >= 4 is 40.5 Å². The van der Waals surface area contributed by atoms with Crippen LogP contribution in [0.5, 0.6) is 0 Å². The highest BCUT2D eigenvalue weighted by molar-refractivity contribution is 6.30. The maximum Gasteiger partial charge on any atom is 0.295 e. The fraction of sp³-hybridized carbons (Fsp3) is 0.464. The summed E-state index contributed by atoms with van der Waals surface area (Å²) in [5.41, 5.74) is 2.94. The summed E-state index contributed by atoms with van der Waals surface area (Å²) in [5.74, 6) is 0.472. The molecule has 1 aromatic heterocycles. The van der Waals surface area contributed by atoms with Crippen LogP contribution in [0, 0.1) is 5.92 Å². The topological polar surface area (TPSA) is 78.7 Å². The molecule has 0 spiro atoms. The van der Waals surface area contributed by atoms with E-state index in [9.17, 15) is 9.59 Å². The van der Waals surface area contributed by atoms with Crippen molar-refractivity contribution in [2.75, 3.05) is 25.0 Å². The van der Waals surface area contributed by atoms with Crippen LogP contribution < -0.4 is 5.32 Å². The van der Waals surface area contributed by atoms with Crippen molar-refractivity contribution in [3.63, 3.8) is 0 Å². The van der Waals surface area contributed by atoms with E-state index in [2.05, 4.69) is 15.2 Å². The molecule has 36 heavy (non-hydrogen) atoms. The Morgan fingerprint density at radius 3 is 2.75 bits per heavy atom. The van der Waals surface area contributed by atoms with E-state index in [1.807, 2.05) is 47.4 Å². The number of hydrogen-bond donors (Lipinski definition) is 1. The number of likely N-dealkylation sites (tertiary alicyclic amines) is 1. The summed E-state index contributed by atoms with van der Waals surface area (Å²) in [5, 5.41) is 3.88. The molecule has 1 N–H and O–H groups in total. The monoisotopic (exact) mass is 508 g/mol. The van der Waals surface area contributed by atoms with Crippen LogP contribution in [0.15, 0.2) is 46.9 Å². The number of fused-ring (bicyclic) bond motifs is 1. The van der Waals surface area contributed by atoms with Gasteiger partial charge in [-0.3, -0.25) is 9.59 Å². The van der Waals surface area contributed by atoms with Crippen LogP contribution in [0.4, 0.5) is 6.01 Å². The highest BCUT2D eigenvalue weighted by Crippen LogP contribution is 2.29. The molecule has 1 aliphatic heterocycles. The van der Waals surface area contributed by atoms with Crippen LogP contribution in [0.3, 0.4) is 0 Å². The lowest BCUT2D eigenvalue weighted by atomic mass is 9.96. The lowest BCUT2D eigenvalue weighted by Crippen LogP contribution is -2.47. The van der Waals surface area contributed by atoms with E-state index in [-0.39, 0.29) is 17.9 Å². The highest BCUT2D eigenvalue weighted by Gasteiger charge is 2.32. The quantitative estimate of drug-likeness (QED) is 0.440. The number of benzene rings is 2. The molecule has 2 aliphatic rings. The summed E-state index contributed by atoms with van der Waals surface area (Å²) in [6, 6.07) is 13.8. The zero-order valence-corrected chi connectivity index (χ0v) is 21.5. The van der Waals surface area contributed by atoms with Gasteiger partial charge in [-0.1, -0.05) is 36.6 Å².